The lowest BCUT2D eigenvalue weighted by Gasteiger charge is -2.34. The first-order valence-corrected chi connectivity index (χ1v) is 9.09. The smallest absolute Gasteiger partial charge is 0.257 e. The number of aromatic nitrogens is 3. The number of carbonyl (C=O) groups excluding carboxylic acids is 1. The summed E-state index contributed by atoms with van der Waals surface area (Å²) in [7, 11) is 1.62. The van der Waals surface area contributed by atoms with Gasteiger partial charge in [-0.1, -0.05) is 17.3 Å². The van der Waals surface area contributed by atoms with Crippen molar-refractivity contribution in [1.82, 2.24) is 19.8 Å². The molecule has 0 spiro atoms. The standard InChI is InChI=1S/C20H22N4O3/c1-14-11-16(22-27-14)17-7-5-6-10-23(17)20(25)15-12-21-24(13-15)18-8-3-4-9-19(18)26-2/h3-4,8-9,11-13,17H,5-7,10H2,1-2H3/t17-/m0/s1. The fourth-order valence-corrected chi connectivity index (χ4v) is 3.57. The van der Waals surface area contributed by atoms with Crippen molar-refractivity contribution in [3.63, 3.8) is 0 Å². The Bertz CT molecular complexity index is 946. The van der Waals surface area contributed by atoms with Crippen molar-refractivity contribution < 1.29 is 14.1 Å². The highest BCUT2D eigenvalue weighted by Gasteiger charge is 2.31. The normalized spacial score (nSPS) is 17.1. The minimum absolute atomic E-state index is 0.0403. The minimum atomic E-state index is -0.0571. The van der Waals surface area contributed by atoms with Crippen LogP contribution < -0.4 is 4.74 Å². The van der Waals surface area contributed by atoms with Gasteiger partial charge in [-0.3, -0.25) is 4.79 Å². The average Bonchev–Trinajstić information content (AvgIpc) is 3.37. The quantitative estimate of drug-likeness (QED) is 0.706. The number of piperidine rings is 1. The van der Waals surface area contributed by atoms with Crippen LogP contribution in [0, 0.1) is 6.92 Å². The first kappa shape index (κ1) is 17.3. The van der Waals surface area contributed by atoms with Crippen LogP contribution in [-0.2, 0) is 0 Å². The molecule has 2 aromatic heterocycles. The van der Waals surface area contributed by atoms with Crippen molar-refractivity contribution in [3.8, 4) is 11.4 Å². The van der Waals surface area contributed by atoms with Crippen molar-refractivity contribution in [2.45, 2.75) is 32.2 Å². The lowest BCUT2D eigenvalue weighted by molar-refractivity contribution is 0.0602. The maximum Gasteiger partial charge on any atom is 0.257 e. The van der Waals surface area contributed by atoms with Crippen LogP contribution >= 0.6 is 0 Å². The molecule has 1 amide bonds. The molecule has 0 saturated carbocycles. The Morgan fingerprint density at radius 2 is 2.15 bits per heavy atom. The topological polar surface area (TPSA) is 73.4 Å². The van der Waals surface area contributed by atoms with Crippen LogP contribution in [-0.4, -0.2) is 39.4 Å². The summed E-state index contributed by atoms with van der Waals surface area (Å²) >= 11 is 0. The number of nitrogens with zero attached hydrogens (tertiary/aromatic N) is 4. The maximum atomic E-state index is 13.2. The minimum Gasteiger partial charge on any atom is -0.494 e. The second-order valence-corrected chi connectivity index (χ2v) is 6.72. The molecule has 3 aromatic rings. The molecule has 1 saturated heterocycles. The summed E-state index contributed by atoms with van der Waals surface area (Å²) in [4.78, 5) is 15.1. The van der Waals surface area contributed by atoms with Gasteiger partial charge in [-0.25, -0.2) is 4.68 Å². The van der Waals surface area contributed by atoms with Crippen LogP contribution in [0.2, 0.25) is 0 Å². The van der Waals surface area contributed by atoms with Crippen LogP contribution in [0.4, 0.5) is 0 Å². The largest absolute Gasteiger partial charge is 0.494 e. The zero-order valence-corrected chi connectivity index (χ0v) is 15.5. The zero-order valence-electron chi connectivity index (χ0n) is 15.5. The van der Waals surface area contributed by atoms with Crippen molar-refractivity contribution in [2.75, 3.05) is 13.7 Å². The van der Waals surface area contributed by atoms with Gasteiger partial charge in [0.1, 0.15) is 22.9 Å². The van der Waals surface area contributed by atoms with E-state index in [1.165, 1.54) is 0 Å². The third kappa shape index (κ3) is 3.32. The molecule has 140 valence electrons. The molecule has 1 fully saturated rings. The first-order valence-electron chi connectivity index (χ1n) is 9.09. The van der Waals surface area contributed by atoms with Gasteiger partial charge in [-0.2, -0.15) is 5.10 Å². The molecular formula is C20H22N4O3. The Labute approximate surface area is 157 Å². The van der Waals surface area contributed by atoms with Gasteiger partial charge in [-0.05, 0) is 38.3 Å². The summed E-state index contributed by atoms with van der Waals surface area (Å²) in [6, 6.07) is 9.44. The summed E-state index contributed by atoms with van der Waals surface area (Å²) in [5, 5.41) is 8.50. The number of para-hydroxylation sites is 2. The maximum absolute atomic E-state index is 13.2. The Morgan fingerprint density at radius 1 is 1.30 bits per heavy atom. The zero-order chi connectivity index (χ0) is 18.8. The molecule has 7 nitrogen and oxygen atoms in total. The van der Waals surface area contributed by atoms with Crippen molar-refractivity contribution in [3.05, 3.63) is 59.7 Å². The number of carbonyl (C=O) groups is 1. The van der Waals surface area contributed by atoms with Gasteiger partial charge in [-0.15, -0.1) is 0 Å². The van der Waals surface area contributed by atoms with E-state index >= 15 is 0 Å². The van der Waals surface area contributed by atoms with Crippen molar-refractivity contribution in [2.24, 2.45) is 0 Å². The number of methoxy groups -OCH3 is 1. The second-order valence-electron chi connectivity index (χ2n) is 6.72. The van der Waals surface area contributed by atoms with E-state index in [4.69, 9.17) is 9.26 Å². The molecule has 0 N–H and O–H groups in total. The van der Waals surface area contributed by atoms with E-state index in [2.05, 4.69) is 10.3 Å². The molecule has 3 heterocycles. The number of amides is 1. The molecule has 1 aromatic carbocycles. The Hall–Kier alpha value is -3.09. The third-order valence-corrected chi connectivity index (χ3v) is 4.91. The number of hydrogen-bond acceptors (Lipinski definition) is 5. The predicted octanol–water partition coefficient (Wildman–Crippen LogP) is 3.54. The molecule has 7 heteroatoms. The number of rotatable bonds is 4. The highest BCUT2D eigenvalue weighted by atomic mass is 16.5. The van der Waals surface area contributed by atoms with E-state index in [0.717, 1.165) is 36.4 Å². The number of aryl methyl sites for hydroxylation is 1. The van der Waals surface area contributed by atoms with Gasteiger partial charge in [0.15, 0.2) is 0 Å². The van der Waals surface area contributed by atoms with Gasteiger partial charge in [0, 0.05) is 18.8 Å². The summed E-state index contributed by atoms with van der Waals surface area (Å²) in [5.74, 6) is 1.42. The number of hydrogen-bond donors (Lipinski definition) is 0. The van der Waals surface area contributed by atoms with Gasteiger partial charge in [0.25, 0.3) is 5.91 Å². The van der Waals surface area contributed by atoms with E-state index in [9.17, 15) is 4.79 Å². The Morgan fingerprint density at radius 3 is 2.93 bits per heavy atom. The molecule has 0 aliphatic carbocycles. The van der Waals surface area contributed by atoms with E-state index in [1.807, 2.05) is 42.2 Å². The third-order valence-electron chi connectivity index (χ3n) is 4.91. The number of likely N-dealkylation sites (tertiary alicyclic amines) is 1. The molecule has 4 rings (SSSR count). The van der Waals surface area contributed by atoms with Crippen LogP contribution in [0.25, 0.3) is 5.69 Å². The van der Waals surface area contributed by atoms with Crippen LogP contribution in [0.5, 0.6) is 5.75 Å². The number of benzene rings is 1. The SMILES string of the molecule is COc1ccccc1-n1cc(C(=O)N2CCCC[C@H]2c2cc(C)on2)cn1. The Kier molecular flexibility index (Phi) is 4.66. The first-order chi connectivity index (χ1) is 13.2. The summed E-state index contributed by atoms with van der Waals surface area (Å²) in [6.07, 6.45) is 6.30. The number of ether oxygens (including phenoxy) is 1. The summed E-state index contributed by atoms with van der Waals surface area (Å²) in [5.41, 5.74) is 2.16. The fourth-order valence-electron chi connectivity index (χ4n) is 3.57. The van der Waals surface area contributed by atoms with Gasteiger partial charge < -0.3 is 14.2 Å². The molecule has 1 atom stereocenters. The van der Waals surface area contributed by atoms with Crippen LogP contribution in [0.15, 0.2) is 47.2 Å². The van der Waals surface area contributed by atoms with E-state index in [1.54, 1.807) is 24.2 Å². The van der Waals surface area contributed by atoms with Crippen molar-refractivity contribution >= 4 is 5.91 Å². The highest BCUT2D eigenvalue weighted by Crippen LogP contribution is 2.32. The average molecular weight is 366 g/mol. The molecule has 27 heavy (non-hydrogen) atoms. The van der Waals surface area contributed by atoms with Gasteiger partial charge >= 0.3 is 0 Å². The molecule has 1 aliphatic rings. The second kappa shape index (κ2) is 7.26. The van der Waals surface area contributed by atoms with E-state index in [0.29, 0.717) is 17.9 Å². The van der Waals surface area contributed by atoms with Gasteiger partial charge in [0.2, 0.25) is 0 Å². The van der Waals surface area contributed by atoms with Crippen LogP contribution in [0.1, 0.15) is 47.1 Å². The summed E-state index contributed by atoms with van der Waals surface area (Å²) < 4.78 is 12.3. The van der Waals surface area contributed by atoms with E-state index in [-0.39, 0.29) is 11.9 Å². The lowest BCUT2D eigenvalue weighted by atomic mass is 9.98. The molecule has 1 aliphatic heterocycles. The monoisotopic (exact) mass is 366 g/mol. The predicted molar refractivity (Wildman–Crippen MR) is 99.0 cm³/mol. The molecule has 0 bridgehead atoms. The molecule has 0 radical (unpaired) electrons. The van der Waals surface area contributed by atoms with Gasteiger partial charge in [0.05, 0.1) is 24.9 Å². The van der Waals surface area contributed by atoms with Crippen LogP contribution in [0.3, 0.4) is 0 Å². The Balaban J connectivity index is 1.61. The molecular weight excluding hydrogens is 344 g/mol. The summed E-state index contributed by atoms with van der Waals surface area (Å²) in [6.45, 7) is 2.57. The van der Waals surface area contributed by atoms with E-state index < -0.39 is 0 Å². The highest BCUT2D eigenvalue weighted by molar-refractivity contribution is 5.94. The van der Waals surface area contributed by atoms with Crippen molar-refractivity contribution in [1.29, 1.82) is 0 Å². The molecule has 0 unspecified atom stereocenters. The lowest BCUT2D eigenvalue weighted by Crippen LogP contribution is -2.38. The fraction of sp³-hybridized carbons (Fsp3) is 0.350.